The summed E-state index contributed by atoms with van der Waals surface area (Å²) in [6, 6.07) is 17.3. The molecule has 8 nitrogen and oxygen atoms in total. The molecule has 176 valence electrons. The van der Waals surface area contributed by atoms with Crippen molar-refractivity contribution in [1.82, 2.24) is 18.9 Å². The van der Waals surface area contributed by atoms with E-state index in [-0.39, 0.29) is 24.6 Å². The molecule has 0 unspecified atom stereocenters. The number of hydrogen-bond acceptors (Lipinski definition) is 4. The third-order valence-corrected chi connectivity index (χ3v) is 6.02. The molecule has 0 aliphatic rings. The molecular weight excluding hydrogens is 430 g/mol. The molecule has 0 fully saturated rings. The molecule has 8 heteroatoms. The van der Waals surface area contributed by atoms with Crippen molar-refractivity contribution in [3.63, 3.8) is 0 Å². The quantitative estimate of drug-likeness (QED) is 0.438. The van der Waals surface area contributed by atoms with Crippen LogP contribution in [-0.2, 0) is 37.3 Å². The van der Waals surface area contributed by atoms with Crippen LogP contribution in [0.5, 0.6) is 0 Å². The van der Waals surface area contributed by atoms with Crippen molar-refractivity contribution in [2.75, 3.05) is 5.32 Å². The number of aromatic nitrogens is 4. The summed E-state index contributed by atoms with van der Waals surface area (Å²) in [6.45, 7) is 6.14. The molecule has 2 heterocycles. The van der Waals surface area contributed by atoms with Crippen molar-refractivity contribution < 1.29 is 4.79 Å². The summed E-state index contributed by atoms with van der Waals surface area (Å²) >= 11 is 0. The zero-order chi connectivity index (χ0) is 24.2. The Morgan fingerprint density at radius 3 is 2.35 bits per heavy atom. The van der Waals surface area contributed by atoms with E-state index in [0.717, 1.165) is 23.2 Å². The third kappa shape index (κ3) is 4.44. The van der Waals surface area contributed by atoms with Gasteiger partial charge in [-0.25, -0.2) is 4.79 Å². The van der Waals surface area contributed by atoms with Gasteiger partial charge >= 0.3 is 5.69 Å². The van der Waals surface area contributed by atoms with Gasteiger partial charge in [0.15, 0.2) is 5.52 Å². The van der Waals surface area contributed by atoms with Gasteiger partial charge in [0, 0.05) is 18.8 Å². The van der Waals surface area contributed by atoms with E-state index in [1.165, 1.54) is 9.13 Å². The summed E-state index contributed by atoms with van der Waals surface area (Å²) in [5.74, 6) is -0.332. The number of aryl methyl sites for hydroxylation is 4. The second kappa shape index (κ2) is 9.91. The standard InChI is InChI=1S/C26H29N5O3/c1-4-20-13-9-10-14-21(20)27-22(32)17-30-23-18(3)28-31(5-2)24(23)25(33)29(26(30)34)16-15-19-11-7-6-8-12-19/h6-14H,4-5,15-17H2,1-3H3,(H,27,32). The van der Waals surface area contributed by atoms with Crippen LogP contribution < -0.4 is 16.6 Å². The van der Waals surface area contributed by atoms with Gasteiger partial charge < -0.3 is 5.32 Å². The van der Waals surface area contributed by atoms with E-state index in [1.807, 2.05) is 68.4 Å². The van der Waals surface area contributed by atoms with E-state index in [4.69, 9.17) is 0 Å². The summed E-state index contributed by atoms with van der Waals surface area (Å²) in [4.78, 5) is 39.9. The highest BCUT2D eigenvalue weighted by Crippen LogP contribution is 2.17. The van der Waals surface area contributed by atoms with Gasteiger partial charge in [0.05, 0.1) is 5.69 Å². The highest BCUT2D eigenvalue weighted by atomic mass is 16.2. The maximum Gasteiger partial charge on any atom is 0.332 e. The minimum atomic E-state index is -0.508. The van der Waals surface area contributed by atoms with Crippen molar-refractivity contribution in [2.24, 2.45) is 0 Å². The Bertz CT molecular complexity index is 1450. The van der Waals surface area contributed by atoms with Crippen LogP contribution in [0.25, 0.3) is 11.0 Å². The molecule has 2 aromatic heterocycles. The minimum Gasteiger partial charge on any atom is -0.324 e. The number of nitrogens with one attached hydrogen (secondary N) is 1. The van der Waals surface area contributed by atoms with Crippen LogP contribution in [0, 0.1) is 6.92 Å². The number of carbonyl (C=O) groups is 1. The first-order valence-corrected chi connectivity index (χ1v) is 11.6. The second-order valence-electron chi connectivity index (χ2n) is 8.22. The summed E-state index contributed by atoms with van der Waals surface area (Å²) in [5, 5.41) is 7.38. The van der Waals surface area contributed by atoms with E-state index in [9.17, 15) is 14.4 Å². The largest absolute Gasteiger partial charge is 0.332 e. The summed E-state index contributed by atoms with van der Waals surface area (Å²) < 4.78 is 4.20. The molecule has 0 spiro atoms. The van der Waals surface area contributed by atoms with Crippen LogP contribution in [0.4, 0.5) is 5.69 Å². The Morgan fingerprint density at radius 2 is 1.65 bits per heavy atom. The van der Waals surface area contributed by atoms with Crippen LogP contribution in [0.3, 0.4) is 0 Å². The zero-order valence-electron chi connectivity index (χ0n) is 19.7. The molecule has 0 atom stereocenters. The van der Waals surface area contributed by atoms with E-state index in [2.05, 4.69) is 10.4 Å². The monoisotopic (exact) mass is 459 g/mol. The molecule has 2 aromatic carbocycles. The van der Waals surface area contributed by atoms with E-state index in [1.54, 1.807) is 11.6 Å². The van der Waals surface area contributed by atoms with Gasteiger partial charge in [0.25, 0.3) is 5.56 Å². The number of carbonyl (C=O) groups excluding carboxylic acids is 1. The molecule has 4 aromatic rings. The summed E-state index contributed by atoms with van der Waals surface area (Å²) in [5.41, 5.74) is 3.16. The SMILES string of the molecule is CCc1ccccc1NC(=O)Cn1c(=O)n(CCc2ccccc2)c(=O)c2c1c(C)nn2CC. The number of nitrogens with zero attached hydrogens (tertiary/aromatic N) is 4. The lowest BCUT2D eigenvalue weighted by Gasteiger charge is -2.14. The first kappa shape index (κ1) is 23.2. The fourth-order valence-electron chi connectivity index (χ4n) is 4.31. The number of anilines is 1. The normalized spacial score (nSPS) is 11.1. The van der Waals surface area contributed by atoms with E-state index < -0.39 is 5.69 Å². The number of rotatable bonds is 8. The van der Waals surface area contributed by atoms with Gasteiger partial charge in [0.1, 0.15) is 12.1 Å². The molecule has 0 saturated heterocycles. The number of amides is 1. The van der Waals surface area contributed by atoms with Crippen molar-refractivity contribution in [2.45, 2.75) is 53.2 Å². The number of fused-ring (bicyclic) bond motifs is 1. The fraction of sp³-hybridized carbons (Fsp3) is 0.308. The number of hydrogen-bond donors (Lipinski definition) is 1. The lowest BCUT2D eigenvalue weighted by Crippen LogP contribution is -2.42. The average molecular weight is 460 g/mol. The summed E-state index contributed by atoms with van der Waals surface area (Å²) in [7, 11) is 0. The van der Waals surface area contributed by atoms with Crippen LogP contribution in [0.1, 0.15) is 30.7 Å². The van der Waals surface area contributed by atoms with Gasteiger partial charge in [-0.05, 0) is 43.9 Å². The van der Waals surface area contributed by atoms with Gasteiger partial charge in [0.2, 0.25) is 5.91 Å². The molecule has 0 aliphatic carbocycles. The molecule has 0 radical (unpaired) electrons. The highest BCUT2D eigenvalue weighted by molar-refractivity contribution is 5.92. The maximum atomic E-state index is 13.5. The van der Waals surface area contributed by atoms with Crippen molar-refractivity contribution in [1.29, 1.82) is 0 Å². The number of para-hydroxylation sites is 1. The Kier molecular flexibility index (Phi) is 6.77. The smallest absolute Gasteiger partial charge is 0.324 e. The van der Waals surface area contributed by atoms with E-state index >= 15 is 0 Å². The molecule has 1 N–H and O–H groups in total. The van der Waals surface area contributed by atoms with Gasteiger partial charge in [-0.3, -0.25) is 23.4 Å². The molecule has 34 heavy (non-hydrogen) atoms. The van der Waals surface area contributed by atoms with Gasteiger partial charge in [-0.1, -0.05) is 55.5 Å². The highest BCUT2D eigenvalue weighted by Gasteiger charge is 2.21. The Hall–Kier alpha value is -3.94. The molecule has 1 amide bonds. The van der Waals surface area contributed by atoms with Crippen molar-refractivity contribution in [3.05, 3.63) is 92.3 Å². The predicted octanol–water partition coefficient (Wildman–Crippen LogP) is 3.13. The van der Waals surface area contributed by atoms with E-state index in [0.29, 0.717) is 29.7 Å². The van der Waals surface area contributed by atoms with Gasteiger partial charge in [-0.2, -0.15) is 5.10 Å². The summed E-state index contributed by atoms with van der Waals surface area (Å²) in [6.07, 6.45) is 1.30. The molecule has 0 saturated carbocycles. The Morgan fingerprint density at radius 1 is 0.941 bits per heavy atom. The lowest BCUT2D eigenvalue weighted by atomic mass is 10.1. The Labute approximate surface area is 197 Å². The molecule has 0 aliphatic heterocycles. The molecular formula is C26H29N5O3. The Balaban J connectivity index is 1.77. The first-order chi connectivity index (χ1) is 16.4. The topological polar surface area (TPSA) is 90.9 Å². The number of benzene rings is 2. The average Bonchev–Trinajstić information content (AvgIpc) is 3.19. The zero-order valence-corrected chi connectivity index (χ0v) is 19.7. The minimum absolute atomic E-state index is 0.213. The third-order valence-electron chi connectivity index (χ3n) is 6.02. The van der Waals surface area contributed by atoms with Crippen LogP contribution in [0.15, 0.2) is 64.2 Å². The van der Waals surface area contributed by atoms with Crippen LogP contribution >= 0.6 is 0 Å². The van der Waals surface area contributed by atoms with Gasteiger partial charge in [-0.15, -0.1) is 0 Å². The second-order valence-corrected chi connectivity index (χ2v) is 8.22. The lowest BCUT2D eigenvalue weighted by molar-refractivity contribution is -0.116. The molecule has 0 bridgehead atoms. The van der Waals surface area contributed by atoms with Crippen molar-refractivity contribution in [3.8, 4) is 0 Å². The molecule has 4 rings (SSSR count). The van der Waals surface area contributed by atoms with Crippen LogP contribution in [0.2, 0.25) is 0 Å². The fourth-order valence-corrected chi connectivity index (χ4v) is 4.31. The predicted molar refractivity (Wildman–Crippen MR) is 133 cm³/mol. The maximum absolute atomic E-state index is 13.5. The first-order valence-electron chi connectivity index (χ1n) is 11.6. The van der Waals surface area contributed by atoms with Crippen LogP contribution in [-0.4, -0.2) is 24.8 Å². The van der Waals surface area contributed by atoms with Crippen molar-refractivity contribution >= 4 is 22.6 Å².